The maximum absolute atomic E-state index is 11.0. The first kappa shape index (κ1) is 21.5. The van der Waals surface area contributed by atoms with E-state index in [4.69, 9.17) is 9.84 Å². The summed E-state index contributed by atoms with van der Waals surface area (Å²) in [5.74, 6) is -0.0658. The van der Waals surface area contributed by atoms with Gasteiger partial charge in [-0.3, -0.25) is 9.69 Å². The van der Waals surface area contributed by atoms with Crippen LogP contribution < -0.4 is 4.74 Å². The first-order valence-electron chi connectivity index (χ1n) is 10.8. The summed E-state index contributed by atoms with van der Waals surface area (Å²) < 4.78 is 6.14. The molecule has 0 aliphatic carbocycles. The van der Waals surface area contributed by atoms with E-state index in [1.807, 2.05) is 17.6 Å². The monoisotopic (exact) mass is 436 g/mol. The molecule has 1 N–H and O–H groups in total. The Kier molecular flexibility index (Phi) is 7.33. The van der Waals surface area contributed by atoms with Gasteiger partial charge < -0.3 is 9.84 Å². The molecule has 0 spiro atoms. The summed E-state index contributed by atoms with van der Waals surface area (Å²) >= 11 is 1.60. The van der Waals surface area contributed by atoms with Crippen molar-refractivity contribution in [2.24, 2.45) is 5.92 Å². The summed E-state index contributed by atoms with van der Waals surface area (Å²) in [4.78, 5) is 17.7. The van der Waals surface area contributed by atoms with Crippen LogP contribution in [0.1, 0.15) is 30.4 Å². The maximum atomic E-state index is 11.0. The Morgan fingerprint density at radius 3 is 2.68 bits per heavy atom. The number of ether oxygens (including phenoxy) is 1. The van der Waals surface area contributed by atoms with Gasteiger partial charge in [-0.25, -0.2) is 4.98 Å². The van der Waals surface area contributed by atoms with Gasteiger partial charge in [0, 0.05) is 31.2 Å². The Hall–Kier alpha value is -2.70. The molecular formula is C25H28N2O3S. The normalized spacial score (nSPS) is 14.3. The average Bonchev–Trinajstić information content (AvgIpc) is 3.28. The number of aryl methyl sites for hydroxylation is 1. The van der Waals surface area contributed by atoms with Crippen LogP contribution in [0.4, 0.5) is 0 Å². The topological polar surface area (TPSA) is 62.7 Å². The zero-order valence-corrected chi connectivity index (χ0v) is 18.4. The second-order valence-corrected chi connectivity index (χ2v) is 8.94. The molecule has 2 aromatic carbocycles. The van der Waals surface area contributed by atoms with Crippen LogP contribution in [0.25, 0.3) is 10.6 Å². The lowest BCUT2D eigenvalue weighted by Crippen LogP contribution is -2.49. The first-order valence-corrected chi connectivity index (χ1v) is 11.7. The van der Waals surface area contributed by atoms with E-state index in [0.29, 0.717) is 19.7 Å². The number of carboxylic acids is 1. The Bertz CT molecular complexity index is 970. The number of unbranched alkanes of at least 4 members (excludes halogenated alkanes) is 2. The molecule has 0 unspecified atom stereocenters. The third kappa shape index (κ3) is 5.93. The molecule has 1 aliphatic rings. The molecule has 3 aromatic rings. The third-order valence-electron chi connectivity index (χ3n) is 5.63. The van der Waals surface area contributed by atoms with E-state index < -0.39 is 5.97 Å². The van der Waals surface area contributed by atoms with Crippen LogP contribution in [0.2, 0.25) is 0 Å². The molecule has 5 nitrogen and oxygen atoms in total. The second-order valence-electron chi connectivity index (χ2n) is 8.04. The highest BCUT2D eigenvalue weighted by Gasteiger charge is 2.32. The number of carboxylic acid groups (broad SMARTS) is 1. The Balaban J connectivity index is 1.30. The molecule has 0 saturated carbocycles. The number of hydrogen-bond acceptors (Lipinski definition) is 5. The van der Waals surface area contributed by atoms with E-state index >= 15 is 0 Å². The summed E-state index contributed by atoms with van der Waals surface area (Å²) in [6.07, 6.45) is 6.25. The highest BCUT2D eigenvalue weighted by Crippen LogP contribution is 2.33. The van der Waals surface area contributed by atoms with Crippen LogP contribution >= 0.6 is 11.3 Å². The number of aliphatic carboxylic acids is 1. The lowest BCUT2D eigenvalue weighted by Gasteiger charge is -2.36. The lowest BCUT2D eigenvalue weighted by molar-refractivity contribution is -0.147. The SMILES string of the molecule is O=C(O)C1CN(Cc2ccc(OCCCCCc3ccccc3)c(-c3nccs3)c2)C1. The van der Waals surface area contributed by atoms with Crippen molar-refractivity contribution in [3.8, 4) is 16.3 Å². The van der Waals surface area contributed by atoms with Crippen molar-refractivity contribution >= 4 is 17.3 Å². The minimum atomic E-state index is -0.702. The molecule has 0 amide bonds. The fraction of sp³-hybridized carbons (Fsp3) is 0.360. The third-order valence-corrected chi connectivity index (χ3v) is 6.44. The molecule has 2 heterocycles. The van der Waals surface area contributed by atoms with E-state index in [2.05, 4.69) is 52.3 Å². The number of likely N-dealkylation sites (tertiary alicyclic amines) is 1. The van der Waals surface area contributed by atoms with Crippen LogP contribution in [0, 0.1) is 5.92 Å². The molecule has 1 saturated heterocycles. The van der Waals surface area contributed by atoms with Gasteiger partial charge in [-0.15, -0.1) is 11.3 Å². The molecule has 162 valence electrons. The molecule has 0 atom stereocenters. The summed E-state index contributed by atoms with van der Waals surface area (Å²) in [6, 6.07) is 16.8. The van der Waals surface area contributed by atoms with Gasteiger partial charge in [-0.1, -0.05) is 36.4 Å². The predicted octanol–water partition coefficient (Wildman–Crippen LogP) is 5.12. The standard InChI is InChI=1S/C25H28N2O3S/c28-25(29)21-17-27(18-21)16-20-10-11-23(22(15-20)24-26-12-14-31-24)30-13-6-2-5-9-19-7-3-1-4-8-19/h1,3-4,7-8,10-12,14-15,21H,2,5-6,9,13,16-18H2,(H,28,29). The zero-order chi connectivity index (χ0) is 21.5. The van der Waals surface area contributed by atoms with Crippen molar-refractivity contribution in [2.75, 3.05) is 19.7 Å². The summed E-state index contributed by atoms with van der Waals surface area (Å²) in [5, 5.41) is 12.0. The molecule has 1 aliphatic heterocycles. The minimum Gasteiger partial charge on any atom is -0.493 e. The van der Waals surface area contributed by atoms with Gasteiger partial charge >= 0.3 is 5.97 Å². The second kappa shape index (κ2) is 10.6. The van der Waals surface area contributed by atoms with E-state index in [9.17, 15) is 4.79 Å². The van der Waals surface area contributed by atoms with Gasteiger partial charge in [0.25, 0.3) is 0 Å². The summed E-state index contributed by atoms with van der Waals surface area (Å²) in [7, 11) is 0. The van der Waals surface area contributed by atoms with Crippen molar-refractivity contribution in [1.29, 1.82) is 0 Å². The average molecular weight is 437 g/mol. The van der Waals surface area contributed by atoms with Crippen LogP contribution in [-0.4, -0.2) is 40.7 Å². The largest absolute Gasteiger partial charge is 0.493 e. The highest BCUT2D eigenvalue weighted by atomic mass is 32.1. The highest BCUT2D eigenvalue weighted by molar-refractivity contribution is 7.13. The molecular weight excluding hydrogens is 408 g/mol. The molecule has 31 heavy (non-hydrogen) atoms. The summed E-state index contributed by atoms with van der Waals surface area (Å²) in [6.45, 7) is 2.67. The minimum absolute atomic E-state index is 0.233. The van der Waals surface area contributed by atoms with E-state index in [-0.39, 0.29) is 5.92 Å². The van der Waals surface area contributed by atoms with Gasteiger partial charge in [0.1, 0.15) is 10.8 Å². The zero-order valence-electron chi connectivity index (χ0n) is 17.6. The fourth-order valence-corrected chi connectivity index (χ4v) is 4.53. The number of rotatable bonds is 11. The van der Waals surface area contributed by atoms with Crippen molar-refractivity contribution in [2.45, 2.75) is 32.2 Å². The van der Waals surface area contributed by atoms with Crippen molar-refractivity contribution in [1.82, 2.24) is 9.88 Å². The number of carbonyl (C=O) groups is 1. The number of thiazole rings is 1. The van der Waals surface area contributed by atoms with Crippen molar-refractivity contribution in [3.05, 3.63) is 71.2 Å². The van der Waals surface area contributed by atoms with Gasteiger partial charge in [-0.05, 0) is 48.9 Å². The number of hydrogen-bond donors (Lipinski definition) is 1. The summed E-state index contributed by atoms with van der Waals surface area (Å²) in [5.41, 5.74) is 3.57. The van der Waals surface area contributed by atoms with Crippen LogP contribution in [-0.2, 0) is 17.8 Å². The molecule has 1 aromatic heterocycles. The van der Waals surface area contributed by atoms with Crippen molar-refractivity contribution in [3.63, 3.8) is 0 Å². The Labute approximate surface area is 187 Å². The Morgan fingerprint density at radius 2 is 1.94 bits per heavy atom. The quantitative estimate of drug-likeness (QED) is 0.423. The smallest absolute Gasteiger partial charge is 0.309 e. The van der Waals surface area contributed by atoms with E-state index in [0.717, 1.165) is 47.7 Å². The fourth-order valence-electron chi connectivity index (χ4n) is 3.87. The van der Waals surface area contributed by atoms with Crippen molar-refractivity contribution < 1.29 is 14.6 Å². The van der Waals surface area contributed by atoms with Crippen LogP contribution in [0.5, 0.6) is 5.75 Å². The van der Waals surface area contributed by atoms with Gasteiger partial charge in [0.2, 0.25) is 0 Å². The Morgan fingerprint density at radius 1 is 1.10 bits per heavy atom. The van der Waals surface area contributed by atoms with E-state index in [1.165, 1.54) is 12.0 Å². The van der Waals surface area contributed by atoms with Crippen LogP contribution in [0.3, 0.4) is 0 Å². The molecule has 1 fully saturated rings. The maximum Gasteiger partial charge on any atom is 0.309 e. The van der Waals surface area contributed by atoms with E-state index in [1.54, 1.807) is 11.3 Å². The number of aromatic nitrogens is 1. The number of nitrogens with zero attached hydrogens (tertiary/aromatic N) is 2. The lowest BCUT2D eigenvalue weighted by atomic mass is 9.99. The molecule has 0 radical (unpaired) electrons. The molecule has 0 bridgehead atoms. The predicted molar refractivity (Wildman–Crippen MR) is 123 cm³/mol. The molecule has 4 rings (SSSR count). The van der Waals surface area contributed by atoms with Gasteiger partial charge in [-0.2, -0.15) is 0 Å². The van der Waals surface area contributed by atoms with Gasteiger partial charge in [0.05, 0.1) is 18.1 Å². The number of benzene rings is 2. The molecule has 6 heteroatoms. The van der Waals surface area contributed by atoms with Crippen LogP contribution in [0.15, 0.2) is 60.1 Å². The van der Waals surface area contributed by atoms with Gasteiger partial charge in [0.15, 0.2) is 0 Å². The first-order chi connectivity index (χ1) is 15.2.